The van der Waals surface area contributed by atoms with E-state index in [1.54, 1.807) is 21.9 Å². The van der Waals surface area contributed by atoms with Crippen molar-refractivity contribution in [1.82, 2.24) is 19.8 Å². The predicted molar refractivity (Wildman–Crippen MR) is 99.4 cm³/mol. The minimum absolute atomic E-state index is 0.104. The summed E-state index contributed by atoms with van der Waals surface area (Å²) in [4.78, 5) is 30.6. The molecule has 0 bridgehead atoms. The van der Waals surface area contributed by atoms with Gasteiger partial charge in [-0.25, -0.2) is 4.98 Å². The van der Waals surface area contributed by atoms with Gasteiger partial charge in [-0.3, -0.25) is 9.59 Å². The Labute approximate surface area is 158 Å². The number of hydrogen-bond acceptors (Lipinski definition) is 4. The number of nitrogens with zero attached hydrogens (tertiary/aromatic N) is 3. The Hall–Kier alpha value is -2.83. The van der Waals surface area contributed by atoms with E-state index in [-0.39, 0.29) is 11.8 Å². The van der Waals surface area contributed by atoms with Gasteiger partial charge < -0.3 is 19.5 Å². The topological polar surface area (TPSA) is 76.5 Å². The Morgan fingerprint density at radius 1 is 1.33 bits per heavy atom. The molecule has 2 amide bonds. The molecular weight excluding hydrogens is 344 g/mol. The van der Waals surface area contributed by atoms with Crippen LogP contribution in [0.25, 0.3) is 0 Å². The zero-order valence-corrected chi connectivity index (χ0v) is 15.5. The predicted octanol–water partition coefficient (Wildman–Crippen LogP) is 1.67. The fourth-order valence-corrected chi connectivity index (χ4v) is 3.27. The third-order valence-electron chi connectivity index (χ3n) is 4.99. The maximum atomic E-state index is 12.8. The van der Waals surface area contributed by atoms with Gasteiger partial charge in [-0.05, 0) is 30.9 Å². The van der Waals surface area contributed by atoms with Gasteiger partial charge in [0.2, 0.25) is 5.91 Å². The average molecular weight is 368 g/mol. The van der Waals surface area contributed by atoms with Crippen LogP contribution in [0.2, 0.25) is 0 Å². The first-order valence-electron chi connectivity index (χ1n) is 9.41. The highest BCUT2D eigenvalue weighted by Gasteiger charge is 2.24. The number of amides is 2. The van der Waals surface area contributed by atoms with E-state index < -0.39 is 0 Å². The zero-order chi connectivity index (χ0) is 18.8. The highest BCUT2D eigenvalue weighted by Crippen LogP contribution is 2.26. The van der Waals surface area contributed by atoms with Crippen LogP contribution in [0, 0.1) is 0 Å². The summed E-state index contributed by atoms with van der Waals surface area (Å²) in [5.41, 5.74) is 2.05. The molecule has 7 heteroatoms. The molecule has 7 nitrogen and oxygen atoms in total. The van der Waals surface area contributed by atoms with Crippen LogP contribution < -0.4 is 10.1 Å². The lowest BCUT2D eigenvalue weighted by atomic mass is 10.0. The van der Waals surface area contributed by atoms with Gasteiger partial charge in [-0.2, -0.15) is 0 Å². The highest BCUT2D eigenvalue weighted by molar-refractivity contribution is 5.90. The van der Waals surface area contributed by atoms with E-state index in [1.165, 1.54) is 0 Å². The molecular formula is C20H24N4O3. The molecule has 0 radical (unpaired) electrons. The average Bonchev–Trinajstić information content (AvgIpc) is 3.41. The smallest absolute Gasteiger partial charge is 0.290 e. The van der Waals surface area contributed by atoms with Crippen LogP contribution in [-0.2, 0) is 24.8 Å². The van der Waals surface area contributed by atoms with Crippen LogP contribution in [-0.4, -0.2) is 45.5 Å². The van der Waals surface area contributed by atoms with E-state index in [0.29, 0.717) is 44.4 Å². The molecule has 1 N–H and O–H groups in total. The first-order chi connectivity index (χ1) is 13.1. The largest absolute Gasteiger partial charge is 0.491 e. The minimum atomic E-state index is -0.104. The molecule has 0 spiro atoms. The van der Waals surface area contributed by atoms with Crippen LogP contribution >= 0.6 is 0 Å². The van der Waals surface area contributed by atoms with Crippen LogP contribution in [0.5, 0.6) is 5.75 Å². The lowest BCUT2D eigenvalue weighted by molar-refractivity contribution is -0.121. The number of carbonyl (C=O) groups is 2. The van der Waals surface area contributed by atoms with Crippen molar-refractivity contribution >= 4 is 11.8 Å². The molecule has 2 aromatic rings. The van der Waals surface area contributed by atoms with Crippen molar-refractivity contribution in [3.05, 3.63) is 47.5 Å². The van der Waals surface area contributed by atoms with E-state index in [2.05, 4.69) is 10.3 Å². The van der Waals surface area contributed by atoms with E-state index in [9.17, 15) is 9.59 Å². The maximum Gasteiger partial charge on any atom is 0.290 e. The molecule has 0 saturated heterocycles. The number of nitrogens with one attached hydrogen (secondary N) is 1. The fraction of sp³-hybridized carbons (Fsp3) is 0.450. The van der Waals surface area contributed by atoms with Crippen LogP contribution in [0.3, 0.4) is 0 Å². The zero-order valence-electron chi connectivity index (χ0n) is 15.5. The van der Waals surface area contributed by atoms with Crippen molar-refractivity contribution in [1.29, 1.82) is 0 Å². The molecule has 2 aliphatic rings. The van der Waals surface area contributed by atoms with Crippen LogP contribution in [0.15, 0.2) is 30.6 Å². The summed E-state index contributed by atoms with van der Waals surface area (Å²) in [6, 6.07) is 6.38. The molecule has 27 heavy (non-hydrogen) atoms. The molecule has 1 aliphatic carbocycles. The second-order valence-corrected chi connectivity index (χ2v) is 7.22. The number of hydrogen-bond donors (Lipinski definition) is 1. The second kappa shape index (κ2) is 7.42. The van der Waals surface area contributed by atoms with Crippen molar-refractivity contribution in [2.75, 3.05) is 13.2 Å². The summed E-state index contributed by atoms with van der Waals surface area (Å²) in [6.07, 6.45) is 6.75. The quantitative estimate of drug-likeness (QED) is 0.871. The first-order valence-corrected chi connectivity index (χ1v) is 9.41. The fourth-order valence-electron chi connectivity index (χ4n) is 3.27. The van der Waals surface area contributed by atoms with Gasteiger partial charge in [0.15, 0.2) is 5.82 Å². The molecule has 2 heterocycles. The Morgan fingerprint density at radius 2 is 2.19 bits per heavy atom. The van der Waals surface area contributed by atoms with Gasteiger partial charge in [0.25, 0.3) is 5.91 Å². The Bertz CT molecular complexity index is 857. The van der Waals surface area contributed by atoms with E-state index >= 15 is 0 Å². The molecule has 1 aromatic heterocycles. The summed E-state index contributed by atoms with van der Waals surface area (Å²) in [5.74, 6) is 1.23. The van der Waals surface area contributed by atoms with Gasteiger partial charge in [0.05, 0.1) is 6.54 Å². The summed E-state index contributed by atoms with van der Waals surface area (Å²) in [6.45, 7) is 1.44. The number of fused-ring (bicyclic) bond motifs is 1. The third-order valence-corrected chi connectivity index (χ3v) is 4.99. The number of rotatable bonds is 5. The van der Waals surface area contributed by atoms with Gasteiger partial charge >= 0.3 is 0 Å². The Balaban J connectivity index is 1.45. The molecule has 142 valence electrons. The molecule has 0 unspecified atom stereocenters. The number of carbonyl (C=O) groups excluding carboxylic acids is 2. The van der Waals surface area contributed by atoms with Crippen molar-refractivity contribution in [2.24, 2.45) is 7.05 Å². The number of benzene rings is 1. The molecule has 1 fully saturated rings. The van der Waals surface area contributed by atoms with E-state index in [0.717, 1.165) is 29.7 Å². The molecule has 0 atom stereocenters. The van der Waals surface area contributed by atoms with Crippen molar-refractivity contribution in [2.45, 2.75) is 38.3 Å². The van der Waals surface area contributed by atoms with E-state index in [4.69, 9.17) is 4.74 Å². The summed E-state index contributed by atoms with van der Waals surface area (Å²) in [5, 5.41) is 3.01. The summed E-state index contributed by atoms with van der Waals surface area (Å²) < 4.78 is 7.54. The number of ether oxygens (including phenoxy) is 1. The molecule has 1 aliphatic heterocycles. The molecule has 1 aromatic carbocycles. The lowest BCUT2D eigenvalue weighted by Crippen LogP contribution is -2.34. The van der Waals surface area contributed by atoms with Crippen molar-refractivity contribution < 1.29 is 14.3 Å². The van der Waals surface area contributed by atoms with Crippen molar-refractivity contribution in [3.8, 4) is 5.75 Å². The maximum absolute atomic E-state index is 12.8. The number of imidazole rings is 1. The van der Waals surface area contributed by atoms with E-state index in [1.807, 2.05) is 25.2 Å². The Morgan fingerprint density at radius 3 is 2.93 bits per heavy atom. The van der Waals surface area contributed by atoms with Gasteiger partial charge in [-0.15, -0.1) is 0 Å². The second-order valence-electron chi connectivity index (χ2n) is 7.22. The van der Waals surface area contributed by atoms with Crippen LogP contribution in [0.4, 0.5) is 0 Å². The minimum Gasteiger partial charge on any atom is -0.491 e. The van der Waals surface area contributed by atoms with Gasteiger partial charge in [-0.1, -0.05) is 12.1 Å². The SMILES string of the molecule is Cn1ccnc1C(=O)N1CCOc2ccc(CCC(=O)NC3CC3)cc2C1. The number of aryl methyl sites for hydroxylation is 2. The van der Waals surface area contributed by atoms with Gasteiger partial charge in [0.1, 0.15) is 12.4 Å². The summed E-state index contributed by atoms with van der Waals surface area (Å²) >= 11 is 0. The molecule has 4 rings (SSSR count). The monoisotopic (exact) mass is 368 g/mol. The standard InChI is InChI=1S/C20H24N4O3/c1-23-9-8-21-19(23)20(26)24-10-11-27-17-6-2-14(12-15(17)13-24)3-7-18(25)22-16-4-5-16/h2,6,8-9,12,16H,3-5,7,10-11,13H2,1H3,(H,22,25). The normalized spacial score (nSPS) is 16.3. The Kier molecular flexibility index (Phi) is 4.83. The third kappa shape index (κ3) is 4.13. The highest BCUT2D eigenvalue weighted by atomic mass is 16.5. The molecule has 1 saturated carbocycles. The van der Waals surface area contributed by atoms with Crippen molar-refractivity contribution in [3.63, 3.8) is 0 Å². The number of aromatic nitrogens is 2. The van der Waals surface area contributed by atoms with Gasteiger partial charge in [0, 0.05) is 44.0 Å². The lowest BCUT2D eigenvalue weighted by Gasteiger charge is -2.19. The summed E-state index contributed by atoms with van der Waals surface area (Å²) in [7, 11) is 1.81. The van der Waals surface area contributed by atoms with Crippen LogP contribution in [0.1, 0.15) is 41.0 Å². The first kappa shape index (κ1) is 17.6.